The van der Waals surface area contributed by atoms with E-state index in [0.29, 0.717) is 6.54 Å². The van der Waals surface area contributed by atoms with Gasteiger partial charge in [-0.1, -0.05) is 12.1 Å². The number of nitrogens with zero attached hydrogens (tertiary/aromatic N) is 1. The molecule has 0 aliphatic heterocycles. The summed E-state index contributed by atoms with van der Waals surface area (Å²) in [6, 6.07) is 7.77. The number of rotatable bonds is 2. The van der Waals surface area contributed by atoms with Crippen molar-refractivity contribution >= 4 is 11.7 Å². The molecular weight excluding hydrogens is 212 g/mol. The summed E-state index contributed by atoms with van der Waals surface area (Å²) in [5.41, 5.74) is 1.82. The molecule has 0 fully saturated rings. The van der Waals surface area contributed by atoms with Crippen molar-refractivity contribution in [3.05, 3.63) is 29.8 Å². The minimum Gasteiger partial charge on any atom is -0.320 e. The second kappa shape index (κ2) is 5.21. The van der Waals surface area contributed by atoms with Crippen LogP contribution in [0.4, 0.5) is 10.5 Å². The van der Waals surface area contributed by atoms with E-state index in [1.807, 2.05) is 63.8 Å². The van der Waals surface area contributed by atoms with E-state index in [1.165, 1.54) is 0 Å². The summed E-state index contributed by atoms with van der Waals surface area (Å²) in [6.07, 6.45) is 0. The average Bonchev–Trinajstić information content (AvgIpc) is 2.15. The molecular formula is C14H22N2O. The van der Waals surface area contributed by atoms with Crippen LogP contribution in [0.15, 0.2) is 24.3 Å². The topological polar surface area (TPSA) is 32.3 Å². The highest BCUT2D eigenvalue weighted by Gasteiger charge is 2.24. The van der Waals surface area contributed by atoms with E-state index in [2.05, 4.69) is 5.32 Å². The molecule has 2 amide bonds. The Balaban J connectivity index is 2.78. The van der Waals surface area contributed by atoms with Gasteiger partial charge in [0.2, 0.25) is 0 Å². The van der Waals surface area contributed by atoms with Gasteiger partial charge in [0.05, 0.1) is 0 Å². The molecule has 0 aliphatic rings. The van der Waals surface area contributed by atoms with Crippen molar-refractivity contribution in [2.75, 3.05) is 11.9 Å². The van der Waals surface area contributed by atoms with E-state index in [0.717, 1.165) is 11.3 Å². The summed E-state index contributed by atoms with van der Waals surface area (Å²) in [6.45, 7) is 10.8. The Kier molecular flexibility index (Phi) is 4.16. The molecule has 0 aromatic heterocycles. The van der Waals surface area contributed by atoms with Crippen LogP contribution in [0.25, 0.3) is 0 Å². The Labute approximate surface area is 104 Å². The fourth-order valence-electron chi connectivity index (χ4n) is 1.84. The highest BCUT2D eigenvalue weighted by atomic mass is 16.2. The zero-order chi connectivity index (χ0) is 13.1. The summed E-state index contributed by atoms with van der Waals surface area (Å²) in [7, 11) is 0. The van der Waals surface area contributed by atoms with Gasteiger partial charge in [0.1, 0.15) is 0 Å². The predicted molar refractivity (Wildman–Crippen MR) is 72.3 cm³/mol. The van der Waals surface area contributed by atoms with Gasteiger partial charge < -0.3 is 10.2 Å². The Morgan fingerprint density at radius 1 is 1.35 bits per heavy atom. The van der Waals surface area contributed by atoms with Crippen LogP contribution >= 0.6 is 0 Å². The summed E-state index contributed by atoms with van der Waals surface area (Å²) in [5, 5.41) is 2.93. The van der Waals surface area contributed by atoms with Gasteiger partial charge in [-0.25, -0.2) is 4.79 Å². The number of aryl methyl sites for hydroxylation is 1. The van der Waals surface area contributed by atoms with Crippen LogP contribution in [0.5, 0.6) is 0 Å². The van der Waals surface area contributed by atoms with Crippen LogP contribution in [-0.4, -0.2) is 23.0 Å². The normalized spacial score (nSPS) is 11.1. The molecule has 1 aromatic rings. The molecule has 0 heterocycles. The first-order chi connectivity index (χ1) is 7.84. The van der Waals surface area contributed by atoms with Crippen LogP contribution in [0.1, 0.15) is 33.3 Å². The van der Waals surface area contributed by atoms with Crippen molar-refractivity contribution in [2.45, 2.75) is 40.2 Å². The molecule has 1 aromatic carbocycles. The fourth-order valence-corrected chi connectivity index (χ4v) is 1.84. The minimum absolute atomic E-state index is 0.0504. The van der Waals surface area contributed by atoms with E-state index < -0.39 is 0 Å². The summed E-state index contributed by atoms with van der Waals surface area (Å²) in [4.78, 5) is 13.9. The van der Waals surface area contributed by atoms with E-state index in [1.54, 1.807) is 0 Å². The third-order valence-corrected chi connectivity index (χ3v) is 2.64. The van der Waals surface area contributed by atoms with Crippen molar-refractivity contribution in [2.24, 2.45) is 0 Å². The average molecular weight is 234 g/mol. The van der Waals surface area contributed by atoms with Gasteiger partial charge in [-0.05, 0) is 52.3 Å². The molecule has 1 rings (SSSR count). The smallest absolute Gasteiger partial charge is 0.320 e. The van der Waals surface area contributed by atoms with Gasteiger partial charge in [-0.3, -0.25) is 0 Å². The number of anilines is 1. The first-order valence-corrected chi connectivity index (χ1v) is 6.00. The molecule has 0 saturated carbocycles. The molecule has 1 N–H and O–H groups in total. The van der Waals surface area contributed by atoms with Crippen molar-refractivity contribution in [3.63, 3.8) is 0 Å². The first kappa shape index (κ1) is 13.6. The lowest BCUT2D eigenvalue weighted by Crippen LogP contribution is -2.47. The third kappa shape index (κ3) is 3.77. The zero-order valence-electron chi connectivity index (χ0n) is 11.4. The summed E-state index contributed by atoms with van der Waals surface area (Å²) in [5.74, 6) is 0. The quantitative estimate of drug-likeness (QED) is 0.832. The standard InChI is InChI=1S/C14H22N2O/c1-6-16(14(3,4)5)13(17)15-12-9-7-8-11(2)10-12/h7-10H,6H2,1-5H3,(H,15,17). The molecule has 0 aliphatic carbocycles. The number of benzene rings is 1. The molecule has 94 valence electrons. The van der Waals surface area contributed by atoms with E-state index in [-0.39, 0.29) is 11.6 Å². The lowest BCUT2D eigenvalue weighted by Gasteiger charge is -2.34. The minimum atomic E-state index is -0.164. The van der Waals surface area contributed by atoms with Crippen LogP contribution < -0.4 is 5.32 Å². The predicted octanol–water partition coefficient (Wildman–Crippen LogP) is 3.65. The van der Waals surface area contributed by atoms with Gasteiger partial charge in [0.15, 0.2) is 0 Å². The van der Waals surface area contributed by atoms with E-state index in [4.69, 9.17) is 0 Å². The Morgan fingerprint density at radius 2 is 2.00 bits per heavy atom. The lowest BCUT2D eigenvalue weighted by atomic mass is 10.1. The molecule has 0 unspecified atom stereocenters. The van der Waals surface area contributed by atoms with E-state index in [9.17, 15) is 4.79 Å². The first-order valence-electron chi connectivity index (χ1n) is 6.00. The Morgan fingerprint density at radius 3 is 2.47 bits per heavy atom. The van der Waals surface area contributed by atoms with Crippen LogP contribution in [0.2, 0.25) is 0 Å². The van der Waals surface area contributed by atoms with Gasteiger partial charge >= 0.3 is 6.03 Å². The Bertz CT molecular complexity index is 393. The van der Waals surface area contributed by atoms with Gasteiger partial charge in [0, 0.05) is 17.8 Å². The second-order valence-corrected chi connectivity index (χ2v) is 5.21. The van der Waals surface area contributed by atoms with Crippen molar-refractivity contribution in [1.29, 1.82) is 0 Å². The maximum absolute atomic E-state index is 12.1. The summed E-state index contributed by atoms with van der Waals surface area (Å²) >= 11 is 0. The van der Waals surface area contributed by atoms with Gasteiger partial charge in [-0.2, -0.15) is 0 Å². The number of hydrogen-bond acceptors (Lipinski definition) is 1. The number of hydrogen-bond donors (Lipinski definition) is 1. The monoisotopic (exact) mass is 234 g/mol. The second-order valence-electron chi connectivity index (χ2n) is 5.21. The van der Waals surface area contributed by atoms with Crippen molar-refractivity contribution in [1.82, 2.24) is 4.90 Å². The molecule has 17 heavy (non-hydrogen) atoms. The number of amides is 2. The zero-order valence-corrected chi connectivity index (χ0v) is 11.4. The Hall–Kier alpha value is -1.51. The van der Waals surface area contributed by atoms with Crippen molar-refractivity contribution < 1.29 is 4.79 Å². The molecule has 3 nitrogen and oxygen atoms in total. The van der Waals surface area contributed by atoms with Gasteiger partial charge in [0.25, 0.3) is 0 Å². The number of carbonyl (C=O) groups excluding carboxylic acids is 1. The lowest BCUT2D eigenvalue weighted by molar-refractivity contribution is 0.162. The van der Waals surface area contributed by atoms with Crippen LogP contribution in [-0.2, 0) is 0 Å². The van der Waals surface area contributed by atoms with E-state index >= 15 is 0 Å². The highest BCUT2D eigenvalue weighted by molar-refractivity contribution is 5.89. The summed E-state index contributed by atoms with van der Waals surface area (Å²) < 4.78 is 0. The maximum atomic E-state index is 12.1. The third-order valence-electron chi connectivity index (χ3n) is 2.64. The number of nitrogens with one attached hydrogen (secondary N) is 1. The highest BCUT2D eigenvalue weighted by Crippen LogP contribution is 2.16. The molecule has 0 spiro atoms. The molecule has 0 bridgehead atoms. The van der Waals surface area contributed by atoms with Crippen molar-refractivity contribution in [3.8, 4) is 0 Å². The maximum Gasteiger partial charge on any atom is 0.322 e. The molecule has 0 atom stereocenters. The van der Waals surface area contributed by atoms with Crippen LogP contribution in [0, 0.1) is 6.92 Å². The van der Waals surface area contributed by atoms with Gasteiger partial charge in [-0.15, -0.1) is 0 Å². The SMILES string of the molecule is CCN(C(=O)Nc1cccc(C)c1)C(C)(C)C. The number of carbonyl (C=O) groups is 1. The molecule has 0 radical (unpaired) electrons. The fraction of sp³-hybridized carbons (Fsp3) is 0.500. The molecule has 0 saturated heterocycles. The largest absolute Gasteiger partial charge is 0.322 e. The van der Waals surface area contributed by atoms with Crippen LogP contribution in [0.3, 0.4) is 0 Å². The molecule has 3 heteroatoms. The number of urea groups is 1.